The fourth-order valence-corrected chi connectivity index (χ4v) is 5.14. The number of benzene rings is 2. The Labute approximate surface area is 211 Å². The molecule has 2 aromatic carbocycles. The van der Waals surface area contributed by atoms with Gasteiger partial charge in [-0.2, -0.15) is 9.78 Å². The monoisotopic (exact) mass is 504 g/mol. The Kier molecular flexibility index (Phi) is 6.81. The number of phenolic OH excluding ortho intramolecular Hbond substituents is 1. The molecule has 0 bridgehead atoms. The number of rotatable bonds is 6. The van der Waals surface area contributed by atoms with E-state index in [1.165, 1.54) is 34.2 Å². The van der Waals surface area contributed by atoms with Crippen LogP contribution in [0.15, 0.2) is 66.0 Å². The van der Waals surface area contributed by atoms with Crippen molar-refractivity contribution in [1.82, 2.24) is 15.1 Å². The van der Waals surface area contributed by atoms with Crippen LogP contribution >= 0.6 is 11.3 Å². The van der Waals surface area contributed by atoms with E-state index in [4.69, 9.17) is 0 Å². The van der Waals surface area contributed by atoms with Gasteiger partial charge in [0.25, 0.3) is 5.91 Å². The van der Waals surface area contributed by atoms with E-state index in [1.54, 1.807) is 36.4 Å². The molecule has 36 heavy (non-hydrogen) atoms. The number of anilines is 1. The lowest BCUT2D eigenvalue weighted by Gasteiger charge is -2.12. The van der Waals surface area contributed by atoms with Gasteiger partial charge in [0.2, 0.25) is 0 Å². The maximum atomic E-state index is 13.5. The molecule has 0 unspecified atom stereocenters. The number of aromatic hydroxyl groups is 1. The number of hydrogen-bond acceptors (Lipinski definition) is 5. The molecule has 7 nitrogen and oxygen atoms in total. The number of phenols is 1. The summed E-state index contributed by atoms with van der Waals surface area (Å²) in [5.41, 5.74) is 2.77. The molecule has 2 heterocycles. The molecule has 1 saturated carbocycles. The van der Waals surface area contributed by atoms with Gasteiger partial charge in [0.05, 0.1) is 16.3 Å². The molecule has 0 aliphatic heterocycles. The Morgan fingerprint density at radius 2 is 1.92 bits per heavy atom. The molecule has 0 saturated heterocycles. The zero-order valence-electron chi connectivity index (χ0n) is 19.4. The van der Waals surface area contributed by atoms with Gasteiger partial charge in [-0.15, -0.1) is 11.3 Å². The van der Waals surface area contributed by atoms with E-state index in [-0.39, 0.29) is 29.9 Å². The number of amides is 2. The number of carbonyl (C=O) groups is 2. The predicted octanol–water partition coefficient (Wildman–Crippen LogP) is 6.12. The minimum Gasteiger partial charge on any atom is -0.507 e. The number of halogens is 1. The largest absolute Gasteiger partial charge is 0.507 e. The van der Waals surface area contributed by atoms with E-state index < -0.39 is 6.03 Å². The minimum atomic E-state index is -0.422. The van der Waals surface area contributed by atoms with Crippen LogP contribution in [-0.4, -0.2) is 26.8 Å². The Morgan fingerprint density at radius 1 is 1.08 bits per heavy atom. The molecule has 2 aromatic heterocycles. The molecule has 2 amide bonds. The van der Waals surface area contributed by atoms with E-state index in [9.17, 15) is 19.1 Å². The van der Waals surface area contributed by atoms with Gasteiger partial charge in [0, 0.05) is 23.7 Å². The lowest BCUT2D eigenvalue weighted by atomic mass is 10.0. The van der Waals surface area contributed by atoms with Crippen molar-refractivity contribution in [2.45, 2.75) is 38.1 Å². The normalized spacial score (nSPS) is 13.6. The van der Waals surface area contributed by atoms with Crippen molar-refractivity contribution in [3.05, 3.63) is 88.0 Å². The van der Waals surface area contributed by atoms with Crippen LogP contribution in [-0.2, 0) is 6.54 Å². The van der Waals surface area contributed by atoms with Crippen molar-refractivity contribution in [2.24, 2.45) is 0 Å². The quantitative estimate of drug-likeness (QED) is 0.276. The molecule has 0 spiro atoms. The van der Waals surface area contributed by atoms with Gasteiger partial charge in [-0.05, 0) is 66.2 Å². The fourth-order valence-electron chi connectivity index (χ4n) is 4.52. The first-order valence-corrected chi connectivity index (χ1v) is 12.7. The summed E-state index contributed by atoms with van der Waals surface area (Å²) in [5, 5.41) is 22.6. The summed E-state index contributed by atoms with van der Waals surface area (Å²) in [5.74, 6) is -0.436. The van der Waals surface area contributed by atoms with Crippen LogP contribution in [0.2, 0.25) is 0 Å². The molecule has 1 aliphatic carbocycles. The van der Waals surface area contributed by atoms with E-state index in [0.29, 0.717) is 27.4 Å². The second-order valence-corrected chi connectivity index (χ2v) is 9.75. The third-order valence-electron chi connectivity index (χ3n) is 6.31. The first-order chi connectivity index (χ1) is 17.5. The number of thiophene rings is 1. The zero-order valence-corrected chi connectivity index (χ0v) is 20.2. The Bertz CT molecular complexity index is 1390. The van der Waals surface area contributed by atoms with Crippen LogP contribution < -0.4 is 10.6 Å². The van der Waals surface area contributed by atoms with Crippen molar-refractivity contribution in [3.8, 4) is 17.0 Å². The number of aromatic nitrogens is 2. The van der Waals surface area contributed by atoms with Crippen LogP contribution in [0.3, 0.4) is 0 Å². The van der Waals surface area contributed by atoms with Gasteiger partial charge in [0.15, 0.2) is 0 Å². The Balaban J connectivity index is 1.43. The summed E-state index contributed by atoms with van der Waals surface area (Å²) in [6, 6.07) is 15.8. The van der Waals surface area contributed by atoms with Crippen LogP contribution in [0.5, 0.6) is 5.75 Å². The second kappa shape index (κ2) is 10.3. The maximum Gasteiger partial charge on any atom is 0.342 e. The van der Waals surface area contributed by atoms with Gasteiger partial charge in [0.1, 0.15) is 11.6 Å². The van der Waals surface area contributed by atoms with Gasteiger partial charge >= 0.3 is 6.03 Å². The predicted molar refractivity (Wildman–Crippen MR) is 137 cm³/mol. The summed E-state index contributed by atoms with van der Waals surface area (Å²) in [4.78, 5) is 26.2. The van der Waals surface area contributed by atoms with E-state index >= 15 is 0 Å². The van der Waals surface area contributed by atoms with Gasteiger partial charge in [-0.3, -0.25) is 4.79 Å². The number of nitrogens with zero attached hydrogens (tertiary/aromatic N) is 2. The number of hydrogen-bond donors (Lipinski definition) is 3. The summed E-state index contributed by atoms with van der Waals surface area (Å²) in [6.45, 7) is 0.158. The molecule has 1 aliphatic rings. The SMILES string of the molecule is O=C(Nc1ccc(O)c(-c2cc(C3CCCC3)n(C(=O)NCc3cccc(F)c3)n2)c1)c1cccs1. The highest BCUT2D eigenvalue weighted by atomic mass is 32.1. The number of carbonyl (C=O) groups excluding carboxylic acids is 2. The molecule has 4 aromatic rings. The zero-order chi connectivity index (χ0) is 25.1. The summed E-state index contributed by atoms with van der Waals surface area (Å²) < 4.78 is 14.9. The molecule has 3 N–H and O–H groups in total. The van der Waals surface area contributed by atoms with E-state index in [2.05, 4.69) is 15.7 Å². The molecular weight excluding hydrogens is 479 g/mol. The van der Waals surface area contributed by atoms with Crippen molar-refractivity contribution >= 4 is 29.0 Å². The first-order valence-electron chi connectivity index (χ1n) is 11.8. The maximum absolute atomic E-state index is 13.5. The minimum absolute atomic E-state index is 0.00749. The Morgan fingerprint density at radius 3 is 2.67 bits per heavy atom. The second-order valence-electron chi connectivity index (χ2n) is 8.80. The van der Waals surface area contributed by atoms with Gasteiger partial charge in [-0.1, -0.05) is 31.0 Å². The summed E-state index contributed by atoms with van der Waals surface area (Å²) in [6.07, 6.45) is 4.05. The van der Waals surface area contributed by atoms with Crippen LogP contribution in [0.25, 0.3) is 11.3 Å². The fraction of sp³-hybridized carbons (Fsp3) is 0.222. The highest BCUT2D eigenvalue weighted by molar-refractivity contribution is 7.12. The van der Waals surface area contributed by atoms with E-state index in [1.807, 2.05) is 11.4 Å². The first kappa shape index (κ1) is 23.7. The molecular formula is C27H25FN4O3S. The molecule has 184 valence electrons. The smallest absolute Gasteiger partial charge is 0.342 e. The topological polar surface area (TPSA) is 96.2 Å². The number of nitrogens with one attached hydrogen (secondary N) is 2. The van der Waals surface area contributed by atoms with Crippen molar-refractivity contribution in [2.75, 3.05) is 5.32 Å². The molecule has 0 atom stereocenters. The third kappa shape index (κ3) is 5.16. The molecule has 0 radical (unpaired) electrons. The van der Waals surface area contributed by atoms with Crippen molar-refractivity contribution < 1.29 is 19.1 Å². The lowest BCUT2D eigenvalue weighted by Crippen LogP contribution is -2.30. The highest BCUT2D eigenvalue weighted by Crippen LogP contribution is 2.38. The van der Waals surface area contributed by atoms with Crippen molar-refractivity contribution in [3.63, 3.8) is 0 Å². The van der Waals surface area contributed by atoms with Crippen molar-refractivity contribution in [1.29, 1.82) is 0 Å². The van der Waals surface area contributed by atoms with Crippen LogP contribution in [0.1, 0.15) is 52.5 Å². The van der Waals surface area contributed by atoms with E-state index in [0.717, 1.165) is 31.4 Å². The summed E-state index contributed by atoms with van der Waals surface area (Å²) >= 11 is 1.34. The molecule has 9 heteroatoms. The Hall–Kier alpha value is -3.98. The summed E-state index contributed by atoms with van der Waals surface area (Å²) in [7, 11) is 0. The average Bonchev–Trinajstić information content (AvgIpc) is 3.65. The van der Waals surface area contributed by atoms with Gasteiger partial charge < -0.3 is 15.7 Å². The van der Waals surface area contributed by atoms with Gasteiger partial charge in [-0.25, -0.2) is 9.18 Å². The molecule has 5 rings (SSSR count). The third-order valence-corrected chi connectivity index (χ3v) is 7.18. The standard InChI is InChI=1S/C27H25FN4O3S/c28-19-8-3-5-17(13-19)16-29-27(35)32-23(18-6-1-2-7-18)15-22(31-32)21-14-20(10-11-24(21)33)30-26(34)25-9-4-12-36-25/h3-5,8-15,18,33H,1-2,6-7,16H2,(H,29,35)(H,30,34). The average molecular weight is 505 g/mol. The lowest BCUT2D eigenvalue weighted by molar-refractivity contribution is 0.103. The van der Waals surface area contributed by atoms with Crippen LogP contribution in [0, 0.1) is 5.82 Å². The highest BCUT2D eigenvalue weighted by Gasteiger charge is 2.26. The van der Waals surface area contributed by atoms with Crippen LogP contribution in [0.4, 0.5) is 14.9 Å². The molecule has 1 fully saturated rings.